The number of benzene rings is 1. The number of hydrogen-bond acceptors (Lipinski definition) is 4. The van der Waals surface area contributed by atoms with Crippen molar-refractivity contribution in [3.8, 4) is 5.75 Å². The summed E-state index contributed by atoms with van der Waals surface area (Å²) in [6, 6.07) is 8.22. The predicted octanol–water partition coefficient (Wildman–Crippen LogP) is 4.11. The molecule has 170 valence electrons. The van der Waals surface area contributed by atoms with E-state index in [9.17, 15) is 9.18 Å². The average Bonchev–Trinajstić information content (AvgIpc) is 2.85. The van der Waals surface area contributed by atoms with Crippen LogP contribution in [-0.2, 0) is 14.9 Å². The maximum atomic E-state index is 13.5. The van der Waals surface area contributed by atoms with Gasteiger partial charge in [0.2, 0.25) is 5.91 Å². The van der Waals surface area contributed by atoms with Crippen LogP contribution in [0, 0.1) is 5.41 Å². The number of hydrogen-bond donors (Lipinski definition) is 1. The van der Waals surface area contributed by atoms with Gasteiger partial charge in [-0.05, 0) is 74.5 Å². The van der Waals surface area contributed by atoms with Crippen LogP contribution in [0.25, 0.3) is 0 Å². The monoisotopic (exact) mass is 430 g/mol. The minimum atomic E-state index is -0.169. The first-order chi connectivity index (χ1) is 15.0. The zero-order chi connectivity index (χ0) is 21.9. The Morgan fingerprint density at radius 1 is 1.19 bits per heavy atom. The number of nitrogens with zero attached hydrogens (tertiary/aromatic N) is 1. The van der Waals surface area contributed by atoms with E-state index in [2.05, 4.69) is 17.0 Å². The SMILES string of the molecule is COC1CCCN(C(=O)C23CCC(c4ccc(OCC(=CF)CN)cc4)(CC2)CC3)C1. The number of piperidine rings is 1. The fourth-order valence-corrected chi connectivity index (χ4v) is 5.81. The molecule has 4 aliphatic rings. The number of likely N-dealkylation sites (tertiary alicyclic amines) is 1. The number of methoxy groups -OCH3 is 1. The molecule has 1 aromatic carbocycles. The normalized spacial score (nSPS) is 31.0. The van der Waals surface area contributed by atoms with E-state index in [1.807, 2.05) is 12.1 Å². The van der Waals surface area contributed by atoms with Gasteiger partial charge in [-0.2, -0.15) is 0 Å². The summed E-state index contributed by atoms with van der Waals surface area (Å²) in [4.78, 5) is 15.5. The Balaban J connectivity index is 1.39. The molecule has 2 N–H and O–H groups in total. The van der Waals surface area contributed by atoms with Crippen molar-refractivity contribution in [2.75, 3.05) is 33.4 Å². The number of halogens is 1. The van der Waals surface area contributed by atoms with Crippen LogP contribution in [0.1, 0.15) is 56.9 Å². The molecule has 1 saturated heterocycles. The summed E-state index contributed by atoms with van der Waals surface area (Å²) < 4.78 is 23.8. The zero-order valence-electron chi connectivity index (χ0n) is 18.6. The van der Waals surface area contributed by atoms with Crippen LogP contribution in [-0.4, -0.2) is 50.3 Å². The van der Waals surface area contributed by atoms with Gasteiger partial charge in [0.05, 0.1) is 12.4 Å². The molecule has 4 fully saturated rings. The summed E-state index contributed by atoms with van der Waals surface area (Å²) in [5, 5.41) is 0. The molecule has 2 bridgehead atoms. The molecule has 0 aromatic heterocycles. The van der Waals surface area contributed by atoms with E-state index in [4.69, 9.17) is 15.2 Å². The molecule has 31 heavy (non-hydrogen) atoms. The number of amides is 1. The highest BCUT2D eigenvalue weighted by molar-refractivity contribution is 5.83. The van der Waals surface area contributed by atoms with E-state index in [1.165, 1.54) is 5.56 Å². The molecule has 0 radical (unpaired) electrons. The molecule has 1 atom stereocenters. The Labute approximate surface area is 184 Å². The van der Waals surface area contributed by atoms with Gasteiger partial charge in [-0.15, -0.1) is 0 Å². The molecule has 5 nitrogen and oxygen atoms in total. The third-order valence-corrected chi connectivity index (χ3v) is 8.01. The number of fused-ring (bicyclic) bond motifs is 3. The van der Waals surface area contributed by atoms with E-state index in [0.29, 0.717) is 17.8 Å². The first-order valence-electron chi connectivity index (χ1n) is 11.6. The molecular weight excluding hydrogens is 395 g/mol. The molecule has 1 aromatic rings. The number of carbonyl (C=O) groups is 1. The molecule has 0 spiro atoms. The highest BCUT2D eigenvalue weighted by Crippen LogP contribution is 2.58. The van der Waals surface area contributed by atoms with Gasteiger partial charge < -0.3 is 20.1 Å². The zero-order valence-corrected chi connectivity index (χ0v) is 18.6. The number of nitrogens with two attached hydrogens (primary N) is 1. The summed E-state index contributed by atoms with van der Waals surface area (Å²) in [6.07, 6.45) is 8.87. The van der Waals surface area contributed by atoms with Crippen LogP contribution >= 0.6 is 0 Å². The van der Waals surface area contributed by atoms with Crippen molar-refractivity contribution in [3.05, 3.63) is 41.7 Å². The van der Waals surface area contributed by atoms with Gasteiger partial charge >= 0.3 is 0 Å². The highest BCUT2D eigenvalue weighted by atomic mass is 19.1. The van der Waals surface area contributed by atoms with Crippen molar-refractivity contribution in [3.63, 3.8) is 0 Å². The van der Waals surface area contributed by atoms with Gasteiger partial charge in [0.15, 0.2) is 0 Å². The first kappa shape index (κ1) is 22.3. The molecule has 5 rings (SSSR count). The van der Waals surface area contributed by atoms with Gasteiger partial charge in [-0.25, -0.2) is 4.39 Å². The second-order valence-electron chi connectivity index (χ2n) is 9.60. The Kier molecular flexibility index (Phi) is 6.68. The third kappa shape index (κ3) is 4.37. The standard InChI is InChI=1S/C25H35FN2O3/c1-30-22-3-2-14-28(17-22)23(29)25-11-8-24(9-12-25,10-13-25)20-4-6-21(7-5-20)31-18-19(15-26)16-27/h4-7,15,22H,2-3,8-14,16-18,27H2,1H3. The number of ether oxygens (including phenoxy) is 2. The second kappa shape index (κ2) is 9.29. The Morgan fingerprint density at radius 3 is 2.45 bits per heavy atom. The van der Waals surface area contributed by atoms with Gasteiger partial charge in [0, 0.05) is 37.7 Å². The fraction of sp³-hybridized carbons (Fsp3) is 0.640. The molecule has 1 amide bonds. The number of carbonyl (C=O) groups excluding carboxylic acids is 1. The van der Waals surface area contributed by atoms with Gasteiger partial charge in [-0.3, -0.25) is 4.79 Å². The van der Waals surface area contributed by atoms with Crippen molar-refractivity contribution in [1.82, 2.24) is 4.90 Å². The maximum Gasteiger partial charge on any atom is 0.228 e. The van der Waals surface area contributed by atoms with Crippen LogP contribution in [0.3, 0.4) is 0 Å². The molecule has 3 saturated carbocycles. The van der Waals surface area contributed by atoms with Crippen molar-refractivity contribution in [2.24, 2.45) is 11.1 Å². The lowest BCUT2D eigenvalue weighted by molar-refractivity contribution is -0.153. The van der Waals surface area contributed by atoms with E-state index >= 15 is 0 Å². The Morgan fingerprint density at radius 2 is 1.87 bits per heavy atom. The second-order valence-corrected chi connectivity index (χ2v) is 9.60. The summed E-state index contributed by atoms with van der Waals surface area (Å²) in [5.41, 5.74) is 7.25. The van der Waals surface area contributed by atoms with Crippen molar-refractivity contribution in [1.29, 1.82) is 0 Å². The van der Waals surface area contributed by atoms with E-state index < -0.39 is 0 Å². The van der Waals surface area contributed by atoms with Crippen molar-refractivity contribution >= 4 is 5.91 Å². The summed E-state index contributed by atoms with van der Waals surface area (Å²) >= 11 is 0. The lowest BCUT2D eigenvalue weighted by Crippen LogP contribution is -2.55. The first-order valence-corrected chi connectivity index (χ1v) is 11.6. The van der Waals surface area contributed by atoms with Crippen molar-refractivity contribution < 1.29 is 18.7 Å². The molecule has 1 aliphatic heterocycles. The topological polar surface area (TPSA) is 64.8 Å². The lowest BCUT2D eigenvalue weighted by atomic mass is 9.51. The Hall–Kier alpha value is -1.92. The van der Waals surface area contributed by atoms with Crippen LogP contribution in [0.2, 0.25) is 0 Å². The Bertz CT molecular complexity index is 783. The van der Waals surface area contributed by atoms with Crippen LogP contribution < -0.4 is 10.5 Å². The van der Waals surface area contributed by atoms with Gasteiger partial charge in [0.25, 0.3) is 0 Å². The average molecular weight is 431 g/mol. The van der Waals surface area contributed by atoms with Gasteiger partial charge in [0.1, 0.15) is 12.4 Å². The minimum Gasteiger partial charge on any atom is -0.489 e. The number of rotatable bonds is 7. The smallest absolute Gasteiger partial charge is 0.228 e. The van der Waals surface area contributed by atoms with E-state index in [1.54, 1.807) is 7.11 Å². The van der Waals surface area contributed by atoms with Gasteiger partial charge in [-0.1, -0.05) is 12.1 Å². The third-order valence-electron chi connectivity index (χ3n) is 8.01. The molecule has 1 unspecified atom stereocenters. The van der Waals surface area contributed by atoms with Crippen LogP contribution in [0.15, 0.2) is 36.2 Å². The van der Waals surface area contributed by atoms with Crippen LogP contribution in [0.5, 0.6) is 5.75 Å². The summed E-state index contributed by atoms with van der Waals surface area (Å²) in [5.74, 6) is 1.09. The summed E-state index contributed by atoms with van der Waals surface area (Å²) in [7, 11) is 1.75. The lowest BCUT2D eigenvalue weighted by Gasteiger charge is -2.54. The minimum absolute atomic E-state index is 0.154. The predicted molar refractivity (Wildman–Crippen MR) is 119 cm³/mol. The molecule has 3 aliphatic carbocycles. The summed E-state index contributed by atoms with van der Waals surface area (Å²) in [6.45, 7) is 1.94. The molecule has 6 heteroatoms. The largest absolute Gasteiger partial charge is 0.489 e. The maximum absolute atomic E-state index is 13.5. The van der Waals surface area contributed by atoms with E-state index in [-0.39, 0.29) is 30.1 Å². The quantitative estimate of drug-likeness (QED) is 0.707. The highest BCUT2D eigenvalue weighted by Gasteiger charge is 2.54. The van der Waals surface area contributed by atoms with Crippen LogP contribution in [0.4, 0.5) is 4.39 Å². The van der Waals surface area contributed by atoms with Crippen molar-refractivity contribution in [2.45, 2.75) is 62.9 Å². The van der Waals surface area contributed by atoms with E-state index in [0.717, 1.165) is 70.2 Å². The molecule has 1 heterocycles. The molecular formula is C25H35FN2O3. The fourth-order valence-electron chi connectivity index (χ4n) is 5.81.